The Bertz CT molecular complexity index is 446. The topological polar surface area (TPSA) is 66.3 Å². The molecule has 1 aromatic rings. The summed E-state index contributed by atoms with van der Waals surface area (Å²) in [6, 6.07) is 1.86. The maximum Gasteiger partial charge on any atom is 0.305 e. The van der Waals surface area contributed by atoms with Crippen LogP contribution in [-0.4, -0.2) is 33.6 Å². The number of hydrogen-bond donors (Lipinski definition) is 1. The lowest BCUT2D eigenvalue weighted by atomic mass is 10.1. The molecule has 106 valence electrons. The number of aliphatic carboxylic acids is 1. The smallest absolute Gasteiger partial charge is 0.305 e. The summed E-state index contributed by atoms with van der Waals surface area (Å²) >= 11 is 0. The molecule has 0 aliphatic rings. The Labute approximate surface area is 114 Å². The Balaban J connectivity index is 3.07. The lowest BCUT2D eigenvalue weighted by Gasteiger charge is -2.27. The van der Waals surface area contributed by atoms with Gasteiger partial charge in [-0.05, 0) is 32.8 Å². The Morgan fingerprint density at radius 3 is 2.47 bits per heavy atom. The molecule has 5 heteroatoms. The second kappa shape index (κ2) is 6.50. The van der Waals surface area contributed by atoms with Gasteiger partial charge in [0.25, 0.3) is 0 Å². The third-order valence-electron chi connectivity index (χ3n) is 3.05. The van der Waals surface area contributed by atoms with E-state index < -0.39 is 5.97 Å². The van der Waals surface area contributed by atoms with Crippen LogP contribution >= 0.6 is 0 Å². The molecule has 0 fully saturated rings. The number of carboxylic acid groups (broad SMARTS) is 1. The van der Waals surface area contributed by atoms with Gasteiger partial charge in [-0.2, -0.15) is 0 Å². The van der Waals surface area contributed by atoms with Gasteiger partial charge >= 0.3 is 5.97 Å². The maximum absolute atomic E-state index is 10.8. The molecule has 1 atom stereocenters. The summed E-state index contributed by atoms with van der Waals surface area (Å²) in [5.74, 6) is 0.150. The van der Waals surface area contributed by atoms with E-state index in [1.54, 1.807) is 0 Å². The van der Waals surface area contributed by atoms with Crippen LogP contribution in [0.1, 0.15) is 51.4 Å². The minimum absolute atomic E-state index is 0.0855. The highest BCUT2D eigenvalue weighted by atomic mass is 16.4. The molecular formula is C14H23N3O2. The van der Waals surface area contributed by atoms with Gasteiger partial charge in [0, 0.05) is 24.0 Å². The van der Waals surface area contributed by atoms with Crippen LogP contribution in [0, 0.1) is 6.92 Å². The Morgan fingerprint density at radius 1 is 1.37 bits per heavy atom. The molecule has 0 aliphatic heterocycles. The molecule has 0 amide bonds. The number of aryl methyl sites for hydroxylation is 1. The van der Waals surface area contributed by atoms with Crippen LogP contribution in [-0.2, 0) is 4.79 Å². The molecular weight excluding hydrogens is 242 g/mol. The fraction of sp³-hybridized carbons (Fsp3) is 0.643. The van der Waals surface area contributed by atoms with Crippen molar-refractivity contribution < 1.29 is 9.90 Å². The molecule has 0 radical (unpaired) electrons. The summed E-state index contributed by atoms with van der Waals surface area (Å²) in [6.45, 7) is 10.7. The molecule has 1 rings (SSSR count). The zero-order valence-electron chi connectivity index (χ0n) is 12.3. The third-order valence-corrected chi connectivity index (χ3v) is 3.05. The van der Waals surface area contributed by atoms with Crippen molar-refractivity contribution in [3.8, 4) is 0 Å². The first-order chi connectivity index (χ1) is 8.85. The standard InChI is InChI=1S/C14H23N3O2/c1-6-17(11(5)8-13(18)19)14-15-10(4)7-12(16-14)9(2)3/h7,9,11H,6,8H2,1-5H3,(H,18,19). The molecule has 0 saturated carbocycles. The zero-order chi connectivity index (χ0) is 14.6. The Morgan fingerprint density at radius 2 is 2.00 bits per heavy atom. The lowest BCUT2D eigenvalue weighted by molar-refractivity contribution is -0.137. The number of rotatable bonds is 6. The van der Waals surface area contributed by atoms with Gasteiger partial charge in [-0.25, -0.2) is 9.97 Å². The first-order valence-corrected chi connectivity index (χ1v) is 6.69. The fourth-order valence-corrected chi connectivity index (χ4v) is 2.01. The molecule has 1 N–H and O–H groups in total. The number of nitrogens with zero attached hydrogens (tertiary/aromatic N) is 3. The van der Waals surface area contributed by atoms with E-state index in [1.165, 1.54) is 0 Å². The molecule has 1 aromatic heterocycles. The third kappa shape index (κ3) is 4.19. The van der Waals surface area contributed by atoms with Crippen LogP contribution in [0.2, 0.25) is 0 Å². The van der Waals surface area contributed by atoms with E-state index in [1.807, 2.05) is 31.7 Å². The van der Waals surface area contributed by atoms with E-state index in [0.717, 1.165) is 11.4 Å². The average molecular weight is 265 g/mol. The van der Waals surface area contributed by atoms with Crippen molar-refractivity contribution in [1.29, 1.82) is 0 Å². The minimum Gasteiger partial charge on any atom is -0.481 e. The highest BCUT2D eigenvalue weighted by Gasteiger charge is 2.19. The van der Waals surface area contributed by atoms with Gasteiger partial charge in [0.05, 0.1) is 6.42 Å². The molecule has 5 nitrogen and oxygen atoms in total. The number of anilines is 1. The van der Waals surface area contributed by atoms with Crippen LogP contribution in [0.25, 0.3) is 0 Å². The number of carboxylic acids is 1. The predicted octanol–water partition coefficient (Wildman–Crippen LogP) is 2.60. The van der Waals surface area contributed by atoms with E-state index in [9.17, 15) is 4.79 Å². The monoisotopic (exact) mass is 265 g/mol. The summed E-state index contributed by atoms with van der Waals surface area (Å²) in [5.41, 5.74) is 1.90. The molecule has 1 unspecified atom stereocenters. The van der Waals surface area contributed by atoms with Crippen LogP contribution in [0.5, 0.6) is 0 Å². The van der Waals surface area contributed by atoms with Gasteiger partial charge in [0.1, 0.15) is 0 Å². The van der Waals surface area contributed by atoms with Crippen molar-refractivity contribution in [3.63, 3.8) is 0 Å². The van der Waals surface area contributed by atoms with Gasteiger partial charge in [0.2, 0.25) is 5.95 Å². The maximum atomic E-state index is 10.8. The molecule has 1 heterocycles. The number of aromatic nitrogens is 2. The minimum atomic E-state index is -0.803. The molecule has 0 saturated heterocycles. The van der Waals surface area contributed by atoms with Crippen molar-refractivity contribution in [1.82, 2.24) is 9.97 Å². The van der Waals surface area contributed by atoms with Gasteiger partial charge in [-0.15, -0.1) is 0 Å². The van der Waals surface area contributed by atoms with Crippen molar-refractivity contribution in [2.75, 3.05) is 11.4 Å². The van der Waals surface area contributed by atoms with E-state index in [2.05, 4.69) is 23.8 Å². The lowest BCUT2D eigenvalue weighted by Crippen LogP contribution is -2.36. The summed E-state index contributed by atoms with van der Waals surface area (Å²) in [6.07, 6.45) is 0.0855. The quantitative estimate of drug-likeness (QED) is 0.856. The van der Waals surface area contributed by atoms with Gasteiger partial charge < -0.3 is 10.0 Å². The van der Waals surface area contributed by atoms with E-state index in [-0.39, 0.29) is 12.5 Å². The summed E-state index contributed by atoms with van der Waals surface area (Å²) < 4.78 is 0. The fourth-order valence-electron chi connectivity index (χ4n) is 2.01. The molecule has 0 spiro atoms. The van der Waals surface area contributed by atoms with Crippen LogP contribution in [0.4, 0.5) is 5.95 Å². The summed E-state index contributed by atoms with van der Waals surface area (Å²) in [4.78, 5) is 21.8. The average Bonchev–Trinajstić information content (AvgIpc) is 2.27. The first-order valence-electron chi connectivity index (χ1n) is 6.69. The second-order valence-electron chi connectivity index (χ2n) is 5.12. The van der Waals surface area contributed by atoms with E-state index in [0.29, 0.717) is 18.4 Å². The Hall–Kier alpha value is -1.65. The molecule has 0 aromatic carbocycles. The van der Waals surface area contributed by atoms with Crippen LogP contribution < -0.4 is 4.90 Å². The van der Waals surface area contributed by atoms with Crippen molar-refractivity contribution in [2.45, 2.75) is 53.0 Å². The zero-order valence-corrected chi connectivity index (χ0v) is 12.3. The van der Waals surface area contributed by atoms with Crippen molar-refractivity contribution >= 4 is 11.9 Å². The first kappa shape index (κ1) is 15.4. The van der Waals surface area contributed by atoms with Gasteiger partial charge in [0.15, 0.2) is 0 Å². The van der Waals surface area contributed by atoms with Crippen molar-refractivity contribution in [2.24, 2.45) is 0 Å². The predicted molar refractivity (Wildman–Crippen MR) is 75.6 cm³/mol. The van der Waals surface area contributed by atoms with Crippen LogP contribution in [0.15, 0.2) is 6.07 Å². The van der Waals surface area contributed by atoms with E-state index >= 15 is 0 Å². The SMILES string of the molecule is CCN(c1nc(C)cc(C(C)C)n1)C(C)CC(=O)O. The molecule has 19 heavy (non-hydrogen) atoms. The Kier molecular flexibility index (Phi) is 5.27. The second-order valence-corrected chi connectivity index (χ2v) is 5.12. The van der Waals surface area contributed by atoms with Crippen molar-refractivity contribution in [3.05, 3.63) is 17.5 Å². The molecule has 0 bridgehead atoms. The largest absolute Gasteiger partial charge is 0.481 e. The highest BCUT2D eigenvalue weighted by Crippen LogP contribution is 2.19. The van der Waals surface area contributed by atoms with Crippen LogP contribution in [0.3, 0.4) is 0 Å². The molecule has 0 aliphatic carbocycles. The van der Waals surface area contributed by atoms with Gasteiger partial charge in [-0.1, -0.05) is 13.8 Å². The van der Waals surface area contributed by atoms with Gasteiger partial charge in [-0.3, -0.25) is 4.79 Å². The number of hydrogen-bond acceptors (Lipinski definition) is 4. The summed E-state index contributed by atoms with van der Waals surface area (Å²) in [5, 5.41) is 8.91. The number of carbonyl (C=O) groups is 1. The normalized spacial score (nSPS) is 12.5. The van der Waals surface area contributed by atoms with E-state index in [4.69, 9.17) is 5.11 Å². The highest BCUT2D eigenvalue weighted by molar-refractivity contribution is 5.68. The summed E-state index contributed by atoms with van der Waals surface area (Å²) in [7, 11) is 0.